The zero-order chi connectivity index (χ0) is 12.8. The highest BCUT2D eigenvalue weighted by Gasteiger charge is 2.40. The first-order chi connectivity index (χ1) is 8.10. The molecule has 0 aliphatic carbocycles. The topological polar surface area (TPSA) is 76.1 Å². The number of carbonyl (C=O) groups is 2. The Hall–Kier alpha value is -1.30. The van der Waals surface area contributed by atoms with Crippen LogP contribution in [-0.4, -0.2) is 54.5 Å². The van der Waals surface area contributed by atoms with E-state index < -0.39 is 18.1 Å². The summed E-state index contributed by atoms with van der Waals surface area (Å²) in [6.45, 7) is 2.60. The van der Waals surface area contributed by atoms with Crippen LogP contribution >= 0.6 is 0 Å². The molecule has 0 spiro atoms. The molecule has 2 unspecified atom stereocenters. The van der Waals surface area contributed by atoms with Crippen LogP contribution in [0.4, 0.5) is 4.79 Å². The van der Waals surface area contributed by atoms with Crippen molar-refractivity contribution in [3.8, 4) is 0 Å². The number of unbranched alkanes of at least 4 members (excludes halogenated alkanes) is 1. The Morgan fingerprint density at radius 1 is 1.47 bits per heavy atom. The Bertz CT molecular complexity index is 281. The first-order valence-electron chi connectivity index (χ1n) is 5.79. The average Bonchev–Trinajstić information content (AvgIpc) is 2.73. The van der Waals surface area contributed by atoms with Crippen molar-refractivity contribution in [2.75, 3.05) is 20.3 Å². The SMILES string of the molecule is CCCCOC(=O)N1CC(OC)CC1C(=O)O. The van der Waals surface area contributed by atoms with Crippen LogP contribution in [-0.2, 0) is 14.3 Å². The second-order valence-electron chi connectivity index (χ2n) is 4.07. The predicted octanol–water partition coefficient (Wildman–Crippen LogP) is 1.10. The summed E-state index contributed by atoms with van der Waals surface area (Å²) in [5.41, 5.74) is 0. The highest BCUT2D eigenvalue weighted by Crippen LogP contribution is 2.21. The van der Waals surface area contributed by atoms with Crippen LogP contribution in [0, 0.1) is 0 Å². The molecule has 0 bridgehead atoms. The number of likely N-dealkylation sites (tertiary alicyclic amines) is 1. The van der Waals surface area contributed by atoms with Gasteiger partial charge in [-0.05, 0) is 6.42 Å². The minimum absolute atomic E-state index is 0.227. The fourth-order valence-electron chi connectivity index (χ4n) is 1.79. The molecule has 1 fully saturated rings. The number of carboxylic acids is 1. The number of methoxy groups -OCH3 is 1. The maximum Gasteiger partial charge on any atom is 0.410 e. The molecule has 1 N–H and O–H groups in total. The molecule has 1 saturated heterocycles. The lowest BCUT2D eigenvalue weighted by atomic mass is 10.2. The Kier molecular flexibility index (Phi) is 5.21. The summed E-state index contributed by atoms with van der Waals surface area (Å²) in [5, 5.41) is 9.01. The van der Waals surface area contributed by atoms with Gasteiger partial charge in [0.25, 0.3) is 0 Å². The van der Waals surface area contributed by atoms with Crippen molar-refractivity contribution in [1.29, 1.82) is 0 Å². The summed E-state index contributed by atoms with van der Waals surface area (Å²) in [4.78, 5) is 23.9. The summed E-state index contributed by atoms with van der Waals surface area (Å²) < 4.78 is 10.1. The molecular weight excluding hydrogens is 226 g/mol. The summed E-state index contributed by atoms with van der Waals surface area (Å²) in [5.74, 6) is -1.02. The zero-order valence-electron chi connectivity index (χ0n) is 10.2. The van der Waals surface area contributed by atoms with Crippen molar-refractivity contribution >= 4 is 12.1 Å². The van der Waals surface area contributed by atoms with E-state index in [0.717, 1.165) is 12.8 Å². The lowest BCUT2D eigenvalue weighted by Gasteiger charge is -2.20. The molecule has 2 atom stereocenters. The number of hydrogen-bond acceptors (Lipinski definition) is 4. The monoisotopic (exact) mass is 245 g/mol. The van der Waals surface area contributed by atoms with E-state index >= 15 is 0 Å². The Morgan fingerprint density at radius 2 is 2.18 bits per heavy atom. The van der Waals surface area contributed by atoms with Gasteiger partial charge in [-0.1, -0.05) is 13.3 Å². The molecule has 1 amide bonds. The molecule has 1 aliphatic rings. The van der Waals surface area contributed by atoms with Gasteiger partial charge in [0.05, 0.1) is 19.3 Å². The fraction of sp³-hybridized carbons (Fsp3) is 0.818. The molecule has 17 heavy (non-hydrogen) atoms. The van der Waals surface area contributed by atoms with Gasteiger partial charge in [0.15, 0.2) is 0 Å². The number of amides is 1. The second kappa shape index (κ2) is 6.44. The molecule has 6 heteroatoms. The van der Waals surface area contributed by atoms with Gasteiger partial charge in [-0.25, -0.2) is 9.59 Å². The van der Waals surface area contributed by atoms with E-state index in [1.807, 2.05) is 6.92 Å². The summed E-state index contributed by atoms with van der Waals surface area (Å²) >= 11 is 0. The summed E-state index contributed by atoms with van der Waals surface area (Å²) in [6.07, 6.45) is 1.23. The number of nitrogens with zero attached hydrogens (tertiary/aromatic N) is 1. The van der Waals surface area contributed by atoms with E-state index in [9.17, 15) is 9.59 Å². The van der Waals surface area contributed by atoms with Crippen molar-refractivity contribution in [2.24, 2.45) is 0 Å². The molecular formula is C11H19NO5. The van der Waals surface area contributed by atoms with Crippen molar-refractivity contribution in [3.05, 3.63) is 0 Å². The van der Waals surface area contributed by atoms with Gasteiger partial charge in [-0.15, -0.1) is 0 Å². The van der Waals surface area contributed by atoms with Crippen molar-refractivity contribution in [3.63, 3.8) is 0 Å². The Labute approximate surface area is 100 Å². The van der Waals surface area contributed by atoms with Gasteiger partial charge in [-0.2, -0.15) is 0 Å². The highest BCUT2D eigenvalue weighted by atomic mass is 16.6. The summed E-state index contributed by atoms with van der Waals surface area (Å²) in [6, 6.07) is -0.839. The van der Waals surface area contributed by atoms with Crippen molar-refractivity contribution < 1.29 is 24.2 Å². The van der Waals surface area contributed by atoms with Crippen LogP contribution < -0.4 is 0 Å². The molecule has 1 rings (SSSR count). The van der Waals surface area contributed by atoms with E-state index in [1.165, 1.54) is 12.0 Å². The van der Waals surface area contributed by atoms with Crippen molar-refractivity contribution in [1.82, 2.24) is 4.90 Å². The first-order valence-corrected chi connectivity index (χ1v) is 5.79. The molecule has 0 aromatic carbocycles. The van der Waals surface area contributed by atoms with Gasteiger partial charge in [0.2, 0.25) is 0 Å². The number of hydrogen-bond donors (Lipinski definition) is 1. The lowest BCUT2D eigenvalue weighted by molar-refractivity contribution is -0.141. The maximum absolute atomic E-state index is 11.7. The number of rotatable bonds is 5. The quantitative estimate of drug-likeness (QED) is 0.734. The van der Waals surface area contributed by atoms with E-state index in [0.29, 0.717) is 13.0 Å². The average molecular weight is 245 g/mol. The van der Waals surface area contributed by atoms with Crippen LogP contribution in [0.15, 0.2) is 0 Å². The molecule has 1 heterocycles. The standard InChI is InChI=1S/C11H19NO5/c1-3-4-5-17-11(15)12-7-8(16-2)6-9(12)10(13)14/h8-9H,3-7H2,1-2H3,(H,13,14). The van der Waals surface area contributed by atoms with Gasteiger partial charge in [0.1, 0.15) is 6.04 Å². The summed E-state index contributed by atoms with van der Waals surface area (Å²) in [7, 11) is 1.51. The van der Waals surface area contributed by atoms with E-state index in [1.54, 1.807) is 0 Å². The van der Waals surface area contributed by atoms with Crippen LogP contribution in [0.2, 0.25) is 0 Å². The molecule has 0 aromatic rings. The number of ether oxygens (including phenoxy) is 2. The number of aliphatic carboxylic acids is 1. The second-order valence-corrected chi connectivity index (χ2v) is 4.07. The van der Waals surface area contributed by atoms with E-state index in [4.69, 9.17) is 14.6 Å². The van der Waals surface area contributed by atoms with E-state index in [-0.39, 0.29) is 12.6 Å². The lowest BCUT2D eigenvalue weighted by Crippen LogP contribution is -2.41. The van der Waals surface area contributed by atoms with Crippen LogP contribution in [0.25, 0.3) is 0 Å². The molecule has 1 aliphatic heterocycles. The van der Waals surface area contributed by atoms with Crippen LogP contribution in [0.3, 0.4) is 0 Å². The fourth-order valence-corrected chi connectivity index (χ4v) is 1.79. The largest absolute Gasteiger partial charge is 0.480 e. The first kappa shape index (κ1) is 13.8. The van der Waals surface area contributed by atoms with Crippen LogP contribution in [0.1, 0.15) is 26.2 Å². The number of carboxylic acid groups (broad SMARTS) is 1. The smallest absolute Gasteiger partial charge is 0.410 e. The van der Waals surface area contributed by atoms with Crippen molar-refractivity contribution in [2.45, 2.75) is 38.3 Å². The molecule has 0 saturated carbocycles. The molecule has 0 radical (unpaired) electrons. The van der Waals surface area contributed by atoms with Crippen LogP contribution in [0.5, 0.6) is 0 Å². The zero-order valence-corrected chi connectivity index (χ0v) is 10.2. The van der Waals surface area contributed by atoms with Gasteiger partial charge < -0.3 is 14.6 Å². The number of carbonyl (C=O) groups excluding carboxylic acids is 1. The minimum Gasteiger partial charge on any atom is -0.480 e. The third kappa shape index (κ3) is 3.59. The molecule has 6 nitrogen and oxygen atoms in total. The minimum atomic E-state index is -1.02. The normalized spacial score (nSPS) is 23.8. The third-order valence-electron chi connectivity index (χ3n) is 2.84. The molecule has 98 valence electrons. The highest BCUT2D eigenvalue weighted by molar-refractivity contribution is 5.80. The predicted molar refractivity (Wildman–Crippen MR) is 59.8 cm³/mol. The van der Waals surface area contributed by atoms with Gasteiger partial charge in [-0.3, -0.25) is 4.90 Å². The van der Waals surface area contributed by atoms with E-state index in [2.05, 4.69) is 0 Å². The van der Waals surface area contributed by atoms with Gasteiger partial charge in [0, 0.05) is 13.5 Å². The Morgan fingerprint density at radius 3 is 2.71 bits per heavy atom. The Balaban J connectivity index is 2.54. The third-order valence-corrected chi connectivity index (χ3v) is 2.84. The maximum atomic E-state index is 11.7. The van der Waals surface area contributed by atoms with Gasteiger partial charge >= 0.3 is 12.1 Å². The molecule has 0 aromatic heterocycles.